The summed E-state index contributed by atoms with van der Waals surface area (Å²) in [6.45, 7) is 1.66. The average Bonchev–Trinajstić information content (AvgIpc) is 2.21. The lowest BCUT2D eigenvalue weighted by molar-refractivity contribution is 0.0948. The number of carbonyl (C=O) groups excluding carboxylic acids is 1. The van der Waals surface area contributed by atoms with Crippen LogP contribution in [0.1, 0.15) is 17.3 Å². The summed E-state index contributed by atoms with van der Waals surface area (Å²) in [4.78, 5) is 11.9. The van der Waals surface area contributed by atoms with Crippen LogP contribution in [0.25, 0.3) is 0 Å². The van der Waals surface area contributed by atoms with Gasteiger partial charge in [0.2, 0.25) is 0 Å². The van der Waals surface area contributed by atoms with Crippen LogP contribution in [0.2, 0.25) is 0 Å². The Morgan fingerprint density at radius 1 is 1.62 bits per heavy atom. The van der Waals surface area contributed by atoms with Gasteiger partial charge in [0, 0.05) is 4.47 Å². The molecule has 1 rings (SSSR count). The third kappa shape index (κ3) is 3.24. The zero-order valence-corrected chi connectivity index (χ0v) is 10.9. The van der Waals surface area contributed by atoms with Crippen molar-refractivity contribution in [3.63, 3.8) is 0 Å². The SMILES string of the molecule is CC(NC(=O)c1cc(F)ccc1Br)C(N)=S. The maximum absolute atomic E-state index is 13.0. The van der Waals surface area contributed by atoms with Gasteiger partial charge in [0.1, 0.15) is 5.82 Å². The van der Waals surface area contributed by atoms with Gasteiger partial charge in [-0.1, -0.05) is 12.2 Å². The number of halogens is 2. The normalized spacial score (nSPS) is 11.9. The van der Waals surface area contributed by atoms with Gasteiger partial charge in [-0.05, 0) is 41.1 Å². The maximum Gasteiger partial charge on any atom is 0.253 e. The molecular weight excluding hydrogens is 295 g/mol. The topological polar surface area (TPSA) is 55.1 Å². The van der Waals surface area contributed by atoms with Crippen LogP contribution in [0, 0.1) is 5.82 Å². The summed E-state index contributed by atoms with van der Waals surface area (Å²) in [6, 6.07) is 3.44. The molecule has 0 fully saturated rings. The van der Waals surface area contributed by atoms with Crippen LogP contribution < -0.4 is 11.1 Å². The van der Waals surface area contributed by atoms with E-state index in [0.717, 1.165) is 6.07 Å². The Hall–Kier alpha value is -1.01. The second-order valence-electron chi connectivity index (χ2n) is 3.22. The summed E-state index contributed by atoms with van der Waals surface area (Å²) in [7, 11) is 0. The van der Waals surface area contributed by atoms with Crippen molar-refractivity contribution in [1.82, 2.24) is 5.32 Å². The molecule has 3 nitrogen and oxygen atoms in total. The molecule has 0 aliphatic carbocycles. The molecule has 16 heavy (non-hydrogen) atoms. The van der Waals surface area contributed by atoms with Gasteiger partial charge in [-0.3, -0.25) is 4.79 Å². The summed E-state index contributed by atoms with van der Waals surface area (Å²) in [5.74, 6) is -0.900. The Balaban J connectivity index is 2.88. The first kappa shape index (κ1) is 13.1. The number of nitrogens with two attached hydrogens (primary N) is 1. The Kier molecular flexibility index (Phi) is 4.37. The van der Waals surface area contributed by atoms with Gasteiger partial charge < -0.3 is 11.1 Å². The first-order valence-electron chi connectivity index (χ1n) is 4.47. The standard InChI is InChI=1S/C10H10BrFN2OS/c1-5(9(13)16)14-10(15)7-4-6(12)2-3-8(7)11/h2-5H,1H3,(H2,13,16)(H,14,15). The molecule has 0 bridgehead atoms. The second-order valence-corrected chi connectivity index (χ2v) is 4.55. The first-order chi connectivity index (χ1) is 7.41. The summed E-state index contributed by atoms with van der Waals surface area (Å²) >= 11 is 7.89. The number of carbonyl (C=O) groups is 1. The van der Waals surface area contributed by atoms with E-state index in [-0.39, 0.29) is 10.6 Å². The molecule has 0 saturated heterocycles. The molecule has 0 radical (unpaired) electrons. The minimum Gasteiger partial charge on any atom is -0.392 e. The van der Waals surface area contributed by atoms with Crippen LogP contribution in [0.4, 0.5) is 4.39 Å². The van der Waals surface area contributed by atoms with E-state index < -0.39 is 17.8 Å². The van der Waals surface area contributed by atoms with Gasteiger partial charge in [0.25, 0.3) is 5.91 Å². The molecule has 0 heterocycles. The second kappa shape index (κ2) is 5.36. The predicted molar refractivity (Wildman–Crippen MR) is 67.8 cm³/mol. The quantitative estimate of drug-likeness (QED) is 0.840. The number of rotatable bonds is 3. The summed E-state index contributed by atoms with van der Waals surface area (Å²) < 4.78 is 13.5. The zero-order valence-electron chi connectivity index (χ0n) is 8.46. The Bertz CT molecular complexity index is 439. The molecule has 1 atom stereocenters. The summed E-state index contributed by atoms with van der Waals surface area (Å²) in [5.41, 5.74) is 5.57. The monoisotopic (exact) mass is 304 g/mol. The lowest BCUT2D eigenvalue weighted by Crippen LogP contribution is -2.41. The van der Waals surface area contributed by atoms with Crippen LogP contribution in [0.15, 0.2) is 22.7 Å². The van der Waals surface area contributed by atoms with Crippen LogP contribution in [-0.4, -0.2) is 16.9 Å². The van der Waals surface area contributed by atoms with Crippen molar-refractivity contribution in [3.8, 4) is 0 Å². The minimum atomic E-state index is -0.476. The molecule has 0 spiro atoms. The highest BCUT2D eigenvalue weighted by molar-refractivity contribution is 9.10. The highest BCUT2D eigenvalue weighted by Gasteiger charge is 2.14. The number of benzene rings is 1. The van der Waals surface area contributed by atoms with Gasteiger partial charge in [0.05, 0.1) is 16.6 Å². The van der Waals surface area contributed by atoms with E-state index in [1.165, 1.54) is 12.1 Å². The largest absolute Gasteiger partial charge is 0.392 e. The summed E-state index contributed by atoms with van der Waals surface area (Å²) in [6.07, 6.45) is 0. The van der Waals surface area contributed by atoms with Gasteiger partial charge in [-0.2, -0.15) is 0 Å². The van der Waals surface area contributed by atoms with Gasteiger partial charge in [-0.15, -0.1) is 0 Å². The molecule has 0 aliphatic heterocycles. The molecular formula is C10H10BrFN2OS. The number of hydrogen-bond acceptors (Lipinski definition) is 2. The molecule has 1 unspecified atom stereocenters. The van der Waals surface area contributed by atoms with Crippen molar-refractivity contribution in [2.24, 2.45) is 5.73 Å². The first-order valence-corrected chi connectivity index (χ1v) is 5.67. The van der Waals surface area contributed by atoms with E-state index in [1.54, 1.807) is 6.92 Å². The molecule has 3 N–H and O–H groups in total. The third-order valence-corrected chi connectivity index (χ3v) is 2.99. The van der Waals surface area contributed by atoms with Crippen LogP contribution >= 0.6 is 28.1 Å². The van der Waals surface area contributed by atoms with E-state index in [2.05, 4.69) is 21.2 Å². The number of nitrogens with one attached hydrogen (secondary N) is 1. The van der Waals surface area contributed by atoms with E-state index in [9.17, 15) is 9.18 Å². The smallest absolute Gasteiger partial charge is 0.253 e. The Morgan fingerprint density at radius 2 is 2.25 bits per heavy atom. The lowest BCUT2D eigenvalue weighted by Gasteiger charge is -2.12. The molecule has 1 amide bonds. The van der Waals surface area contributed by atoms with Crippen molar-refractivity contribution in [1.29, 1.82) is 0 Å². The third-order valence-electron chi connectivity index (χ3n) is 1.95. The fourth-order valence-corrected chi connectivity index (χ4v) is 1.50. The molecule has 1 aromatic rings. The highest BCUT2D eigenvalue weighted by atomic mass is 79.9. The fraction of sp³-hybridized carbons (Fsp3) is 0.200. The van der Waals surface area contributed by atoms with Crippen molar-refractivity contribution >= 4 is 39.0 Å². The average molecular weight is 305 g/mol. The molecule has 0 aromatic heterocycles. The van der Waals surface area contributed by atoms with Crippen molar-refractivity contribution < 1.29 is 9.18 Å². The van der Waals surface area contributed by atoms with Gasteiger partial charge in [-0.25, -0.2) is 4.39 Å². The molecule has 1 aromatic carbocycles. The van der Waals surface area contributed by atoms with E-state index >= 15 is 0 Å². The number of amides is 1. The van der Waals surface area contributed by atoms with Crippen LogP contribution in [0.3, 0.4) is 0 Å². The zero-order chi connectivity index (χ0) is 12.3. The summed E-state index contributed by atoms with van der Waals surface area (Å²) in [5, 5.41) is 2.56. The molecule has 0 saturated carbocycles. The van der Waals surface area contributed by atoms with Crippen LogP contribution in [-0.2, 0) is 0 Å². The molecule has 6 heteroatoms. The van der Waals surface area contributed by atoms with Gasteiger partial charge in [0.15, 0.2) is 0 Å². The maximum atomic E-state index is 13.0. The number of hydrogen-bond donors (Lipinski definition) is 2. The Labute approximate surface area is 106 Å². The Morgan fingerprint density at radius 3 is 2.81 bits per heavy atom. The predicted octanol–water partition coefficient (Wildman–Crippen LogP) is 1.99. The van der Waals surface area contributed by atoms with E-state index in [1.807, 2.05) is 0 Å². The fourth-order valence-electron chi connectivity index (χ4n) is 1.02. The number of thiocarbonyl (C=S) groups is 1. The van der Waals surface area contributed by atoms with Gasteiger partial charge >= 0.3 is 0 Å². The van der Waals surface area contributed by atoms with E-state index in [4.69, 9.17) is 18.0 Å². The van der Waals surface area contributed by atoms with E-state index in [0.29, 0.717) is 4.47 Å². The minimum absolute atomic E-state index is 0.181. The highest BCUT2D eigenvalue weighted by Crippen LogP contribution is 2.17. The molecule has 0 aliphatic rings. The van der Waals surface area contributed by atoms with Crippen molar-refractivity contribution in [2.45, 2.75) is 13.0 Å². The molecule has 86 valence electrons. The lowest BCUT2D eigenvalue weighted by atomic mass is 10.2. The van der Waals surface area contributed by atoms with Crippen LogP contribution in [0.5, 0.6) is 0 Å². The van der Waals surface area contributed by atoms with Crippen molar-refractivity contribution in [3.05, 3.63) is 34.1 Å². The van der Waals surface area contributed by atoms with Crippen molar-refractivity contribution in [2.75, 3.05) is 0 Å².